The summed E-state index contributed by atoms with van der Waals surface area (Å²) in [6.07, 6.45) is 3.22. The molecule has 6 nitrogen and oxygen atoms in total. The number of hydrogen-bond acceptors (Lipinski definition) is 4. The summed E-state index contributed by atoms with van der Waals surface area (Å²) in [5.74, 6) is 0.577. The topological polar surface area (TPSA) is 67.9 Å². The summed E-state index contributed by atoms with van der Waals surface area (Å²) in [4.78, 5) is 26.8. The smallest absolute Gasteiger partial charge is 0.412 e. The van der Waals surface area contributed by atoms with Crippen LogP contribution in [-0.4, -0.2) is 41.3 Å². The molecule has 1 aliphatic rings. The van der Waals surface area contributed by atoms with Crippen molar-refractivity contribution in [2.24, 2.45) is 11.8 Å². The molecule has 1 aromatic rings. The molecule has 2 rings (SSSR count). The van der Waals surface area contributed by atoms with Crippen molar-refractivity contribution >= 4 is 12.0 Å². The van der Waals surface area contributed by atoms with E-state index in [1.165, 1.54) is 6.08 Å². The number of rotatable bonds is 8. The molecule has 166 valence electrons. The molecule has 0 spiro atoms. The number of benzene rings is 1. The van der Waals surface area contributed by atoms with Gasteiger partial charge in [0.2, 0.25) is 5.91 Å². The number of hydrogen-bond donors (Lipinski definition) is 1. The molecule has 1 N–H and O–H groups in total. The Kier molecular flexibility index (Phi) is 8.47. The third kappa shape index (κ3) is 6.87. The van der Waals surface area contributed by atoms with Gasteiger partial charge in [-0.2, -0.15) is 0 Å². The van der Waals surface area contributed by atoms with Gasteiger partial charge in [0.05, 0.1) is 12.1 Å². The van der Waals surface area contributed by atoms with E-state index < -0.39 is 11.8 Å². The highest BCUT2D eigenvalue weighted by molar-refractivity contribution is 5.87. The first-order valence-corrected chi connectivity index (χ1v) is 10.7. The third-order valence-corrected chi connectivity index (χ3v) is 4.95. The van der Waals surface area contributed by atoms with Gasteiger partial charge in [-0.3, -0.25) is 9.69 Å². The average Bonchev–Trinajstić information content (AvgIpc) is 2.92. The van der Waals surface area contributed by atoms with Gasteiger partial charge < -0.3 is 14.8 Å². The van der Waals surface area contributed by atoms with Crippen molar-refractivity contribution in [3.63, 3.8) is 0 Å². The highest BCUT2D eigenvalue weighted by atomic mass is 16.6. The quantitative estimate of drug-likeness (QED) is 0.634. The molecule has 1 heterocycles. The van der Waals surface area contributed by atoms with Crippen LogP contribution in [0.4, 0.5) is 4.79 Å². The molecule has 1 aromatic carbocycles. The largest absolute Gasteiger partial charge is 0.444 e. The lowest BCUT2D eigenvalue weighted by Gasteiger charge is -2.33. The Bertz CT molecular complexity index is 728. The van der Waals surface area contributed by atoms with E-state index in [-0.39, 0.29) is 24.7 Å². The standard InChI is InChI=1S/C24H36N2O4/c1-17(2)14-20-21(12-13-22(27)25-15-18(3)4)30-24(5,6)26(20)23(28)29-16-19-10-8-7-9-11-19/h7-13,17-18,20-21H,14-16H2,1-6H3,(H,25,27)/t20-,21-/m0/s1. The van der Waals surface area contributed by atoms with Crippen LogP contribution in [0.15, 0.2) is 42.5 Å². The van der Waals surface area contributed by atoms with Crippen molar-refractivity contribution in [1.29, 1.82) is 0 Å². The maximum Gasteiger partial charge on any atom is 0.412 e. The maximum atomic E-state index is 13.0. The van der Waals surface area contributed by atoms with Crippen molar-refractivity contribution in [3.8, 4) is 0 Å². The highest BCUT2D eigenvalue weighted by Gasteiger charge is 2.49. The van der Waals surface area contributed by atoms with Crippen molar-refractivity contribution < 1.29 is 19.1 Å². The monoisotopic (exact) mass is 416 g/mol. The van der Waals surface area contributed by atoms with Gasteiger partial charge in [0, 0.05) is 12.6 Å². The molecule has 0 aliphatic carbocycles. The predicted molar refractivity (Wildman–Crippen MR) is 118 cm³/mol. The van der Waals surface area contributed by atoms with E-state index in [1.807, 2.05) is 58.0 Å². The van der Waals surface area contributed by atoms with Gasteiger partial charge in [-0.25, -0.2) is 4.79 Å². The Hall–Kier alpha value is -2.34. The summed E-state index contributed by atoms with van der Waals surface area (Å²) in [7, 11) is 0. The molecular formula is C24H36N2O4. The van der Waals surface area contributed by atoms with Gasteiger partial charge in [-0.1, -0.05) is 58.0 Å². The van der Waals surface area contributed by atoms with Crippen molar-refractivity contribution in [2.45, 2.75) is 72.4 Å². The molecule has 1 aliphatic heterocycles. The summed E-state index contributed by atoms with van der Waals surface area (Å²) in [5, 5.41) is 2.87. The molecule has 0 aromatic heterocycles. The van der Waals surface area contributed by atoms with Crippen LogP contribution in [0.3, 0.4) is 0 Å². The Morgan fingerprint density at radius 3 is 2.43 bits per heavy atom. The minimum absolute atomic E-state index is 0.154. The molecule has 0 radical (unpaired) electrons. The zero-order valence-electron chi connectivity index (χ0n) is 19.1. The van der Waals surface area contributed by atoms with Gasteiger partial charge in [0.25, 0.3) is 0 Å². The highest BCUT2D eigenvalue weighted by Crippen LogP contribution is 2.36. The van der Waals surface area contributed by atoms with E-state index in [1.54, 1.807) is 11.0 Å². The van der Waals surface area contributed by atoms with E-state index in [2.05, 4.69) is 19.2 Å². The van der Waals surface area contributed by atoms with Gasteiger partial charge in [0.15, 0.2) is 0 Å². The first-order chi connectivity index (χ1) is 14.1. The van der Waals surface area contributed by atoms with Crippen LogP contribution >= 0.6 is 0 Å². The lowest BCUT2D eigenvalue weighted by molar-refractivity contribution is -0.116. The van der Waals surface area contributed by atoms with Crippen molar-refractivity contribution in [1.82, 2.24) is 10.2 Å². The van der Waals surface area contributed by atoms with Crippen LogP contribution in [-0.2, 0) is 20.9 Å². The summed E-state index contributed by atoms with van der Waals surface area (Å²) in [5.41, 5.74) is 0.0963. The molecular weight excluding hydrogens is 380 g/mol. The van der Waals surface area contributed by atoms with Crippen molar-refractivity contribution in [3.05, 3.63) is 48.0 Å². The van der Waals surface area contributed by atoms with Gasteiger partial charge in [-0.05, 0) is 43.7 Å². The molecule has 6 heteroatoms. The second-order valence-corrected chi connectivity index (χ2v) is 9.13. The first kappa shape index (κ1) is 23.9. The normalized spacial score (nSPS) is 20.9. The SMILES string of the molecule is CC(C)CNC(=O)C=C[C@@H]1OC(C)(C)N(C(=O)OCc2ccccc2)[C@H]1CC(C)C. The third-order valence-electron chi connectivity index (χ3n) is 4.95. The first-order valence-electron chi connectivity index (χ1n) is 10.7. The zero-order valence-corrected chi connectivity index (χ0v) is 19.1. The van der Waals surface area contributed by atoms with Crippen LogP contribution in [0.2, 0.25) is 0 Å². The number of ether oxygens (including phenoxy) is 2. The van der Waals surface area contributed by atoms with E-state index in [0.717, 1.165) is 12.0 Å². The van der Waals surface area contributed by atoms with Crippen LogP contribution in [0.5, 0.6) is 0 Å². The lowest BCUT2D eigenvalue weighted by atomic mass is 9.98. The Morgan fingerprint density at radius 1 is 1.17 bits per heavy atom. The van der Waals surface area contributed by atoms with Crippen LogP contribution in [0.25, 0.3) is 0 Å². The van der Waals surface area contributed by atoms with E-state index in [9.17, 15) is 9.59 Å². The van der Waals surface area contributed by atoms with E-state index in [0.29, 0.717) is 18.4 Å². The number of nitrogens with zero attached hydrogens (tertiary/aromatic N) is 1. The molecule has 1 saturated heterocycles. The number of amides is 2. The molecule has 30 heavy (non-hydrogen) atoms. The van der Waals surface area contributed by atoms with E-state index in [4.69, 9.17) is 9.47 Å². The Balaban J connectivity index is 2.12. The predicted octanol–water partition coefficient (Wildman–Crippen LogP) is 4.50. The lowest BCUT2D eigenvalue weighted by Crippen LogP contribution is -2.48. The molecule has 0 unspecified atom stereocenters. The Labute approximate surface area is 180 Å². The van der Waals surface area contributed by atoms with Crippen LogP contribution in [0.1, 0.15) is 53.5 Å². The zero-order chi connectivity index (χ0) is 22.3. The number of nitrogens with one attached hydrogen (secondary N) is 1. The van der Waals surface area contributed by atoms with Gasteiger partial charge >= 0.3 is 6.09 Å². The molecule has 0 saturated carbocycles. The molecule has 1 fully saturated rings. The summed E-state index contributed by atoms with van der Waals surface area (Å²) >= 11 is 0. The second kappa shape index (κ2) is 10.6. The number of carbonyl (C=O) groups excluding carboxylic acids is 2. The van der Waals surface area contributed by atoms with Crippen molar-refractivity contribution in [2.75, 3.05) is 6.54 Å². The molecule has 2 atom stereocenters. The fourth-order valence-electron chi connectivity index (χ4n) is 3.59. The number of carbonyl (C=O) groups is 2. The summed E-state index contributed by atoms with van der Waals surface area (Å²) in [6, 6.07) is 9.39. The fraction of sp³-hybridized carbons (Fsp3) is 0.583. The summed E-state index contributed by atoms with van der Waals surface area (Å²) < 4.78 is 11.8. The molecule has 0 bridgehead atoms. The minimum Gasteiger partial charge on any atom is -0.444 e. The average molecular weight is 417 g/mol. The Morgan fingerprint density at radius 2 is 1.83 bits per heavy atom. The van der Waals surface area contributed by atoms with Gasteiger partial charge in [-0.15, -0.1) is 0 Å². The fourth-order valence-corrected chi connectivity index (χ4v) is 3.59. The second-order valence-electron chi connectivity index (χ2n) is 9.13. The van der Waals surface area contributed by atoms with Crippen LogP contribution in [0, 0.1) is 11.8 Å². The minimum atomic E-state index is -0.837. The van der Waals surface area contributed by atoms with Crippen LogP contribution < -0.4 is 5.32 Å². The molecule has 2 amide bonds. The maximum absolute atomic E-state index is 13.0. The van der Waals surface area contributed by atoms with Gasteiger partial charge in [0.1, 0.15) is 12.3 Å². The summed E-state index contributed by atoms with van der Waals surface area (Å²) in [6.45, 7) is 12.8. The van der Waals surface area contributed by atoms with E-state index >= 15 is 0 Å².